The van der Waals surface area contributed by atoms with E-state index in [4.69, 9.17) is 4.74 Å². The zero-order valence-corrected chi connectivity index (χ0v) is 10.7. The van der Waals surface area contributed by atoms with Gasteiger partial charge in [0.2, 0.25) is 0 Å². The van der Waals surface area contributed by atoms with Crippen molar-refractivity contribution >= 4 is 13.3 Å². The quantitative estimate of drug-likeness (QED) is 0.637. The molecule has 0 fully saturated rings. The highest BCUT2D eigenvalue weighted by Crippen LogP contribution is 2.26. The summed E-state index contributed by atoms with van der Waals surface area (Å²) >= 11 is 0. The van der Waals surface area contributed by atoms with Crippen LogP contribution in [-0.2, 0) is 6.42 Å². The van der Waals surface area contributed by atoms with Gasteiger partial charge in [0.1, 0.15) is 13.6 Å². The SMILES string of the molecule is Bc1cc2c(cc1OC)CCN(C)CC2C. The van der Waals surface area contributed by atoms with Gasteiger partial charge in [0.05, 0.1) is 7.11 Å². The highest BCUT2D eigenvalue weighted by molar-refractivity contribution is 6.34. The van der Waals surface area contributed by atoms with Crippen LogP contribution in [0.25, 0.3) is 0 Å². The Morgan fingerprint density at radius 2 is 2.19 bits per heavy atom. The van der Waals surface area contributed by atoms with Crippen LogP contribution in [0.1, 0.15) is 24.0 Å². The Morgan fingerprint density at radius 1 is 1.44 bits per heavy atom. The third-order valence-electron chi connectivity index (χ3n) is 3.54. The van der Waals surface area contributed by atoms with Gasteiger partial charge < -0.3 is 9.64 Å². The maximum atomic E-state index is 5.40. The number of hydrogen-bond donors (Lipinski definition) is 0. The Labute approximate surface area is 99.0 Å². The van der Waals surface area contributed by atoms with Gasteiger partial charge in [-0.3, -0.25) is 0 Å². The molecule has 0 aromatic heterocycles. The highest BCUT2D eigenvalue weighted by Gasteiger charge is 2.19. The molecule has 1 aromatic rings. The lowest BCUT2D eigenvalue weighted by Gasteiger charge is -2.18. The molecule has 1 unspecified atom stereocenters. The molecule has 0 saturated carbocycles. The van der Waals surface area contributed by atoms with Crippen LogP contribution in [0.4, 0.5) is 0 Å². The molecule has 0 amide bonds. The molecule has 0 saturated heterocycles. The van der Waals surface area contributed by atoms with Crippen LogP contribution in [0, 0.1) is 0 Å². The summed E-state index contributed by atoms with van der Waals surface area (Å²) in [4.78, 5) is 2.41. The van der Waals surface area contributed by atoms with Crippen molar-refractivity contribution in [2.24, 2.45) is 0 Å². The molecule has 0 spiro atoms. The number of benzene rings is 1. The van der Waals surface area contributed by atoms with E-state index >= 15 is 0 Å². The summed E-state index contributed by atoms with van der Waals surface area (Å²) < 4.78 is 5.40. The van der Waals surface area contributed by atoms with Crippen LogP contribution < -0.4 is 10.2 Å². The van der Waals surface area contributed by atoms with E-state index in [9.17, 15) is 0 Å². The fourth-order valence-electron chi connectivity index (χ4n) is 2.62. The van der Waals surface area contributed by atoms with E-state index in [-0.39, 0.29) is 0 Å². The van der Waals surface area contributed by atoms with Gasteiger partial charge in [-0.15, -0.1) is 0 Å². The van der Waals surface area contributed by atoms with Gasteiger partial charge in [-0.2, -0.15) is 0 Å². The van der Waals surface area contributed by atoms with Gasteiger partial charge in [0.15, 0.2) is 0 Å². The lowest BCUT2D eigenvalue weighted by Crippen LogP contribution is -2.22. The third-order valence-corrected chi connectivity index (χ3v) is 3.54. The van der Waals surface area contributed by atoms with Crippen molar-refractivity contribution < 1.29 is 4.74 Å². The van der Waals surface area contributed by atoms with Crippen molar-refractivity contribution in [2.75, 3.05) is 27.2 Å². The minimum atomic E-state index is 0.618. The number of rotatable bonds is 1. The maximum Gasteiger partial charge on any atom is 0.144 e. The molecule has 0 radical (unpaired) electrons. The summed E-state index contributed by atoms with van der Waals surface area (Å²) in [6, 6.07) is 4.53. The molecule has 0 aliphatic carbocycles. The molecule has 0 N–H and O–H groups in total. The second-order valence-corrected chi connectivity index (χ2v) is 4.93. The Bertz CT molecular complexity index is 392. The first-order valence-electron chi connectivity index (χ1n) is 5.97. The normalized spacial score (nSPS) is 21.3. The van der Waals surface area contributed by atoms with Crippen molar-refractivity contribution in [3.05, 3.63) is 23.3 Å². The molecular weight excluding hydrogens is 197 g/mol. The first-order valence-corrected chi connectivity index (χ1v) is 5.97. The Hall–Kier alpha value is -0.955. The van der Waals surface area contributed by atoms with Crippen molar-refractivity contribution in [1.29, 1.82) is 0 Å². The maximum absolute atomic E-state index is 5.40. The fraction of sp³-hybridized carbons (Fsp3) is 0.538. The van der Waals surface area contributed by atoms with Crippen molar-refractivity contribution in [1.82, 2.24) is 4.90 Å². The molecule has 16 heavy (non-hydrogen) atoms. The van der Waals surface area contributed by atoms with Gasteiger partial charge in [0, 0.05) is 13.1 Å². The Balaban J connectivity index is 2.43. The molecule has 3 heteroatoms. The molecule has 86 valence electrons. The molecule has 1 heterocycles. The molecule has 2 nitrogen and oxygen atoms in total. The summed E-state index contributed by atoms with van der Waals surface area (Å²) in [6.07, 6.45) is 1.13. The predicted molar refractivity (Wildman–Crippen MR) is 70.8 cm³/mol. The minimum absolute atomic E-state index is 0.618. The lowest BCUT2D eigenvalue weighted by atomic mass is 9.86. The van der Waals surface area contributed by atoms with E-state index < -0.39 is 0 Å². The third kappa shape index (κ3) is 2.10. The van der Waals surface area contributed by atoms with Crippen LogP contribution in [0.15, 0.2) is 12.1 Å². The smallest absolute Gasteiger partial charge is 0.144 e. The highest BCUT2D eigenvalue weighted by atomic mass is 16.5. The van der Waals surface area contributed by atoms with Gasteiger partial charge in [-0.25, -0.2) is 0 Å². The predicted octanol–water partition coefficient (Wildman–Crippen LogP) is 0.545. The molecule has 1 aliphatic heterocycles. The monoisotopic (exact) mass is 217 g/mol. The van der Waals surface area contributed by atoms with E-state index in [1.165, 1.54) is 16.6 Å². The zero-order chi connectivity index (χ0) is 11.7. The van der Waals surface area contributed by atoms with Crippen LogP contribution >= 0.6 is 0 Å². The molecule has 1 aromatic carbocycles. The van der Waals surface area contributed by atoms with Crippen LogP contribution in [0.5, 0.6) is 5.75 Å². The standard InChI is InChI=1S/C13H20BNO/c1-9-8-15(2)5-4-10-6-13(16-3)12(14)7-11(9)10/h6-7,9H,4-5,8,14H2,1-3H3. The summed E-state index contributed by atoms with van der Waals surface area (Å²) in [5, 5.41) is 0. The number of fused-ring (bicyclic) bond motifs is 1. The summed E-state index contributed by atoms with van der Waals surface area (Å²) in [5.74, 6) is 1.64. The zero-order valence-electron chi connectivity index (χ0n) is 10.7. The van der Waals surface area contributed by atoms with Crippen molar-refractivity contribution in [2.45, 2.75) is 19.3 Å². The number of ether oxygens (including phenoxy) is 1. The van der Waals surface area contributed by atoms with Crippen molar-refractivity contribution in [3.63, 3.8) is 0 Å². The summed E-state index contributed by atoms with van der Waals surface area (Å²) in [6.45, 7) is 4.61. The van der Waals surface area contributed by atoms with E-state index in [2.05, 4.69) is 38.9 Å². The van der Waals surface area contributed by atoms with Gasteiger partial charge in [0.25, 0.3) is 0 Å². The Kier molecular flexibility index (Phi) is 3.24. The lowest BCUT2D eigenvalue weighted by molar-refractivity contribution is 0.332. The van der Waals surface area contributed by atoms with E-state index in [0.29, 0.717) is 5.92 Å². The molecule has 2 rings (SSSR count). The molecule has 0 bridgehead atoms. The second-order valence-electron chi connectivity index (χ2n) is 4.93. The molecular formula is C13H20BNO. The Morgan fingerprint density at radius 3 is 2.88 bits per heavy atom. The largest absolute Gasteiger partial charge is 0.497 e. The van der Waals surface area contributed by atoms with Crippen LogP contribution in [0.3, 0.4) is 0 Å². The average Bonchev–Trinajstić information content (AvgIpc) is 2.38. The number of nitrogens with zero attached hydrogens (tertiary/aromatic N) is 1. The van der Waals surface area contributed by atoms with Crippen LogP contribution in [-0.4, -0.2) is 40.0 Å². The summed E-state index contributed by atoms with van der Waals surface area (Å²) in [5.41, 5.74) is 4.21. The number of likely N-dealkylation sites (N-methyl/N-ethyl adjacent to an activating group) is 1. The number of methoxy groups -OCH3 is 1. The average molecular weight is 217 g/mol. The van der Waals surface area contributed by atoms with Crippen LogP contribution in [0.2, 0.25) is 0 Å². The molecule has 1 atom stereocenters. The fourth-order valence-corrected chi connectivity index (χ4v) is 2.62. The van der Waals surface area contributed by atoms with Gasteiger partial charge >= 0.3 is 0 Å². The molecule has 1 aliphatic rings. The van der Waals surface area contributed by atoms with Gasteiger partial charge in [-0.1, -0.05) is 13.0 Å². The van der Waals surface area contributed by atoms with Gasteiger partial charge in [-0.05, 0) is 42.0 Å². The first-order chi connectivity index (χ1) is 7.61. The van der Waals surface area contributed by atoms with E-state index in [0.717, 1.165) is 25.3 Å². The summed E-state index contributed by atoms with van der Waals surface area (Å²) in [7, 11) is 6.08. The van der Waals surface area contributed by atoms with E-state index in [1.54, 1.807) is 7.11 Å². The minimum Gasteiger partial charge on any atom is -0.497 e. The second kappa shape index (κ2) is 4.50. The van der Waals surface area contributed by atoms with Crippen molar-refractivity contribution in [3.8, 4) is 5.75 Å². The number of hydrogen-bond acceptors (Lipinski definition) is 2. The van der Waals surface area contributed by atoms with E-state index in [1.807, 2.05) is 0 Å². The first kappa shape index (κ1) is 11.5. The topological polar surface area (TPSA) is 12.5 Å².